The topological polar surface area (TPSA) is 55.2 Å². The third kappa shape index (κ3) is 3.76. The van der Waals surface area contributed by atoms with Crippen LogP contribution in [-0.4, -0.2) is 11.0 Å². The molecule has 0 aromatic heterocycles. The summed E-state index contributed by atoms with van der Waals surface area (Å²) in [5.74, 6) is 0.793. The fourth-order valence-electron chi connectivity index (χ4n) is 3.06. The van der Waals surface area contributed by atoms with Crippen LogP contribution < -0.4 is 5.32 Å². The molecule has 0 saturated heterocycles. The van der Waals surface area contributed by atoms with Gasteiger partial charge >= 0.3 is 0 Å². The highest BCUT2D eigenvalue weighted by molar-refractivity contribution is 5.35. The van der Waals surface area contributed by atoms with Crippen molar-refractivity contribution in [1.82, 2.24) is 5.32 Å². The lowest BCUT2D eigenvalue weighted by Crippen LogP contribution is -2.38. The normalized spacial score (nSPS) is 26.4. The molecule has 0 aliphatic heterocycles. The van der Waals surface area contributed by atoms with E-state index >= 15 is 0 Å². The molecule has 1 fully saturated rings. The van der Waals surface area contributed by atoms with Gasteiger partial charge in [0.2, 0.25) is 0 Å². The molecular weight excluding hydrogens is 259 g/mol. The van der Waals surface area contributed by atoms with Crippen molar-refractivity contribution in [3.05, 3.63) is 39.7 Å². The number of rotatable bonds is 4. The van der Waals surface area contributed by atoms with Crippen LogP contribution in [0.1, 0.15) is 38.7 Å². The van der Waals surface area contributed by atoms with E-state index in [1.165, 1.54) is 25.0 Å². The fraction of sp³-hybridized carbons (Fsp3) is 0.600. The maximum absolute atomic E-state index is 13.3. The van der Waals surface area contributed by atoms with Gasteiger partial charge in [0.05, 0.1) is 11.0 Å². The number of nitro benzene ring substituents is 1. The summed E-state index contributed by atoms with van der Waals surface area (Å²) < 4.78 is 13.3. The van der Waals surface area contributed by atoms with Crippen LogP contribution in [0, 0.1) is 27.8 Å². The van der Waals surface area contributed by atoms with Crippen molar-refractivity contribution in [3.8, 4) is 0 Å². The summed E-state index contributed by atoms with van der Waals surface area (Å²) in [7, 11) is 0. The van der Waals surface area contributed by atoms with Gasteiger partial charge in [0, 0.05) is 18.7 Å². The van der Waals surface area contributed by atoms with Gasteiger partial charge < -0.3 is 5.32 Å². The van der Waals surface area contributed by atoms with Crippen LogP contribution in [0.3, 0.4) is 0 Å². The summed E-state index contributed by atoms with van der Waals surface area (Å²) in [6.07, 6.45) is 3.51. The molecule has 1 aliphatic rings. The Kier molecular flexibility index (Phi) is 4.70. The predicted octanol–water partition coefficient (Wildman–Crippen LogP) is 3.65. The molecule has 0 heterocycles. The van der Waals surface area contributed by atoms with Gasteiger partial charge in [0.25, 0.3) is 5.69 Å². The average molecular weight is 280 g/mol. The lowest BCUT2D eigenvalue weighted by atomic mass is 9.80. The number of hydrogen-bond donors (Lipinski definition) is 1. The largest absolute Gasteiger partial charge is 0.310 e. The van der Waals surface area contributed by atoms with Crippen LogP contribution in [0.2, 0.25) is 0 Å². The first-order chi connectivity index (χ1) is 9.45. The number of nitrogens with zero attached hydrogens (tertiary/aromatic N) is 1. The summed E-state index contributed by atoms with van der Waals surface area (Å²) in [4.78, 5) is 10.2. The van der Waals surface area contributed by atoms with Gasteiger partial charge in [0.1, 0.15) is 5.82 Å². The lowest BCUT2D eigenvalue weighted by molar-refractivity contribution is -0.385. The highest BCUT2D eigenvalue weighted by Crippen LogP contribution is 2.29. The number of nitrogens with one attached hydrogen (secondary N) is 1. The van der Waals surface area contributed by atoms with Crippen LogP contribution in [-0.2, 0) is 6.54 Å². The maximum atomic E-state index is 13.3. The van der Waals surface area contributed by atoms with Gasteiger partial charge in [-0.15, -0.1) is 0 Å². The Hall–Kier alpha value is -1.49. The molecule has 1 saturated carbocycles. The molecule has 110 valence electrons. The Morgan fingerprint density at radius 3 is 2.75 bits per heavy atom. The molecule has 3 atom stereocenters. The van der Waals surface area contributed by atoms with Crippen molar-refractivity contribution in [3.63, 3.8) is 0 Å². The van der Waals surface area contributed by atoms with Crippen molar-refractivity contribution in [1.29, 1.82) is 0 Å². The highest BCUT2D eigenvalue weighted by Gasteiger charge is 2.24. The quantitative estimate of drug-likeness (QED) is 0.676. The van der Waals surface area contributed by atoms with Crippen LogP contribution in [0.25, 0.3) is 0 Å². The molecule has 0 radical (unpaired) electrons. The zero-order chi connectivity index (χ0) is 14.7. The van der Waals surface area contributed by atoms with E-state index in [4.69, 9.17) is 0 Å². The first-order valence-electron chi connectivity index (χ1n) is 7.13. The Bertz CT molecular complexity index is 493. The minimum atomic E-state index is -0.558. The molecule has 0 spiro atoms. The Morgan fingerprint density at radius 2 is 2.10 bits per heavy atom. The SMILES string of the molecule is CC1CCC(NCc2cc(F)cc([N+](=O)[O-])c2)C(C)C1. The number of benzene rings is 1. The van der Waals surface area contributed by atoms with Gasteiger partial charge in [-0.3, -0.25) is 10.1 Å². The third-order valence-corrected chi connectivity index (χ3v) is 4.15. The van der Waals surface area contributed by atoms with Crippen molar-refractivity contribution in [2.45, 2.75) is 45.7 Å². The summed E-state index contributed by atoms with van der Waals surface area (Å²) in [6, 6.07) is 4.16. The second kappa shape index (κ2) is 6.31. The number of hydrogen-bond acceptors (Lipinski definition) is 3. The van der Waals surface area contributed by atoms with Gasteiger partial charge in [-0.25, -0.2) is 4.39 Å². The zero-order valence-electron chi connectivity index (χ0n) is 11.9. The van der Waals surface area contributed by atoms with Crippen molar-refractivity contribution >= 4 is 5.69 Å². The zero-order valence-corrected chi connectivity index (χ0v) is 11.9. The molecule has 0 bridgehead atoms. The molecule has 1 aromatic carbocycles. The number of nitro groups is 1. The van der Waals surface area contributed by atoms with Gasteiger partial charge in [0.15, 0.2) is 0 Å². The van der Waals surface area contributed by atoms with Gasteiger partial charge in [-0.2, -0.15) is 0 Å². The van der Waals surface area contributed by atoms with Crippen LogP contribution >= 0.6 is 0 Å². The standard InChI is InChI=1S/C15H21FN2O2/c1-10-3-4-15(11(2)5-10)17-9-12-6-13(16)8-14(7-12)18(19)20/h6-8,10-11,15,17H,3-5,9H2,1-2H3. The monoisotopic (exact) mass is 280 g/mol. The lowest BCUT2D eigenvalue weighted by Gasteiger charge is -2.33. The Morgan fingerprint density at radius 1 is 1.35 bits per heavy atom. The fourth-order valence-corrected chi connectivity index (χ4v) is 3.06. The minimum Gasteiger partial charge on any atom is -0.310 e. The molecule has 4 nitrogen and oxygen atoms in total. The summed E-state index contributed by atoms with van der Waals surface area (Å²) in [5.41, 5.74) is 0.439. The molecule has 2 rings (SSSR count). The molecular formula is C15H21FN2O2. The van der Waals surface area contributed by atoms with E-state index in [0.29, 0.717) is 24.1 Å². The van der Waals surface area contributed by atoms with E-state index in [-0.39, 0.29) is 5.69 Å². The van der Waals surface area contributed by atoms with Gasteiger partial charge in [-0.1, -0.05) is 13.8 Å². The second-order valence-electron chi connectivity index (χ2n) is 5.96. The van der Waals surface area contributed by atoms with E-state index in [1.54, 1.807) is 0 Å². The summed E-state index contributed by atoms with van der Waals surface area (Å²) in [5, 5.41) is 14.1. The van der Waals surface area contributed by atoms with Crippen molar-refractivity contribution in [2.75, 3.05) is 0 Å². The van der Waals surface area contributed by atoms with Crippen LogP contribution in [0.5, 0.6) is 0 Å². The van der Waals surface area contributed by atoms with Crippen LogP contribution in [0.15, 0.2) is 18.2 Å². The number of halogens is 1. The second-order valence-corrected chi connectivity index (χ2v) is 5.96. The first-order valence-corrected chi connectivity index (χ1v) is 7.13. The Labute approximate surface area is 118 Å². The summed E-state index contributed by atoms with van der Waals surface area (Å²) >= 11 is 0. The average Bonchev–Trinajstić information content (AvgIpc) is 2.37. The summed E-state index contributed by atoms with van der Waals surface area (Å²) in [6.45, 7) is 4.96. The molecule has 1 aromatic rings. The molecule has 5 heteroatoms. The van der Waals surface area contributed by atoms with E-state index in [0.717, 1.165) is 18.4 Å². The minimum absolute atomic E-state index is 0.188. The molecule has 20 heavy (non-hydrogen) atoms. The molecule has 1 aliphatic carbocycles. The van der Waals surface area contributed by atoms with E-state index < -0.39 is 10.7 Å². The number of non-ortho nitro benzene ring substituents is 1. The maximum Gasteiger partial charge on any atom is 0.272 e. The molecule has 0 amide bonds. The smallest absolute Gasteiger partial charge is 0.272 e. The molecule has 1 N–H and O–H groups in total. The third-order valence-electron chi connectivity index (χ3n) is 4.15. The van der Waals surface area contributed by atoms with E-state index in [9.17, 15) is 14.5 Å². The van der Waals surface area contributed by atoms with Crippen LogP contribution in [0.4, 0.5) is 10.1 Å². The van der Waals surface area contributed by atoms with Crippen molar-refractivity contribution < 1.29 is 9.31 Å². The Balaban J connectivity index is 1.98. The van der Waals surface area contributed by atoms with Crippen molar-refractivity contribution in [2.24, 2.45) is 11.8 Å². The van der Waals surface area contributed by atoms with E-state index in [2.05, 4.69) is 19.2 Å². The molecule has 3 unspecified atom stereocenters. The van der Waals surface area contributed by atoms with Gasteiger partial charge in [-0.05, 0) is 42.7 Å². The highest BCUT2D eigenvalue weighted by atomic mass is 19.1. The predicted molar refractivity (Wildman–Crippen MR) is 75.9 cm³/mol. The first kappa shape index (κ1) is 14.9. The van der Waals surface area contributed by atoms with E-state index in [1.807, 2.05) is 0 Å².